The topological polar surface area (TPSA) is 90.2 Å². The molecule has 0 saturated heterocycles. The van der Waals surface area contributed by atoms with Crippen molar-refractivity contribution in [1.82, 2.24) is 4.72 Å². The van der Waals surface area contributed by atoms with Gasteiger partial charge in [0, 0.05) is 12.6 Å². The fraction of sp³-hybridized carbons (Fsp3) is 0.462. The largest absolute Gasteiger partial charge is 0.396 e. The number of benzene rings is 1. The van der Waals surface area contributed by atoms with Gasteiger partial charge in [-0.15, -0.1) is 0 Å². The fourth-order valence-corrected chi connectivity index (χ4v) is 3.73. The molecular weight excluding hydrogens is 264 g/mol. The van der Waals surface area contributed by atoms with Crippen molar-refractivity contribution < 1.29 is 13.5 Å². The van der Waals surface area contributed by atoms with Crippen LogP contribution in [-0.2, 0) is 10.0 Å². The molecule has 1 fully saturated rings. The third-order valence-electron chi connectivity index (χ3n) is 3.49. The summed E-state index contributed by atoms with van der Waals surface area (Å²) < 4.78 is 27.0. The van der Waals surface area contributed by atoms with Crippen molar-refractivity contribution in [3.05, 3.63) is 29.8 Å². The molecule has 0 bridgehead atoms. The fourth-order valence-electron chi connectivity index (χ4n) is 2.39. The van der Waals surface area contributed by atoms with E-state index in [0.717, 1.165) is 19.3 Å². The first kappa shape index (κ1) is 14.0. The summed E-state index contributed by atoms with van der Waals surface area (Å²) in [5.74, 6) is -0.00634. The Morgan fingerprint density at radius 2 is 2.00 bits per heavy atom. The molecule has 2 rings (SSSR count). The summed E-state index contributed by atoms with van der Waals surface area (Å²) in [6.07, 6.45) is 2.52. The molecule has 19 heavy (non-hydrogen) atoms. The van der Waals surface area contributed by atoms with Crippen molar-refractivity contribution in [2.45, 2.75) is 30.2 Å². The standard InChI is InChI=1S/C13H16N2O3S/c14-8-10-4-6-12(7-5-10)19(17,18)15-13-3-1-2-11(13)9-16/h4-7,11,13,15-16H,1-3,9H2/t11-,13+/m1/s1. The first-order valence-electron chi connectivity index (χ1n) is 6.20. The Balaban J connectivity index is 2.15. The maximum absolute atomic E-state index is 12.2. The van der Waals surface area contributed by atoms with Crippen LogP contribution in [0.4, 0.5) is 0 Å². The number of aliphatic hydroxyl groups excluding tert-OH is 1. The first-order chi connectivity index (χ1) is 9.06. The molecule has 1 aromatic rings. The van der Waals surface area contributed by atoms with Gasteiger partial charge in [0.05, 0.1) is 16.5 Å². The van der Waals surface area contributed by atoms with Crippen LogP contribution in [0.25, 0.3) is 0 Å². The summed E-state index contributed by atoms with van der Waals surface area (Å²) in [4.78, 5) is 0.148. The molecular formula is C13H16N2O3S. The average molecular weight is 280 g/mol. The summed E-state index contributed by atoms with van der Waals surface area (Å²) in [5, 5.41) is 17.9. The minimum atomic E-state index is -3.58. The van der Waals surface area contributed by atoms with E-state index in [-0.39, 0.29) is 23.5 Å². The number of sulfonamides is 1. The van der Waals surface area contributed by atoms with Crippen LogP contribution in [0, 0.1) is 17.2 Å². The van der Waals surface area contributed by atoms with Gasteiger partial charge in [-0.25, -0.2) is 13.1 Å². The second-order valence-electron chi connectivity index (χ2n) is 4.74. The molecule has 6 heteroatoms. The van der Waals surface area contributed by atoms with Crippen LogP contribution < -0.4 is 4.72 Å². The number of nitriles is 1. The molecule has 5 nitrogen and oxygen atoms in total. The molecule has 1 aromatic carbocycles. The minimum absolute atomic E-state index is 0.000552. The van der Waals surface area contributed by atoms with E-state index in [1.807, 2.05) is 6.07 Å². The van der Waals surface area contributed by atoms with Gasteiger partial charge < -0.3 is 5.11 Å². The average Bonchev–Trinajstić information content (AvgIpc) is 2.85. The lowest BCUT2D eigenvalue weighted by atomic mass is 10.1. The van der Waals surface area contributed by atoms with E-state index < -0.39 is 10.0 Å². The molecule has 2 atom stereocenters. The third-order valence-corrected chi connectivity index (χ3v) is 5.00. The number of rotatable bonds is 4. The lowest BCUT2D eigenvalue weighted by Gasteiger charge is -2.18. The van der Waals surface area contributed by atoms with Crippen LogP contribution in [-0.4, -0.2) is 26.2 Å². The third kappa shape index (κ3) is 3.13. The summed E-state index contributed by atoms with van der Waals surface area (Å²) in [7, 11) is -3.58. The van der Waals surface area contributed by atoms with Crippen molar-refractivity contribution in [2.24, 2.45) is 5.92 Å². The molecule has 1 aliphatic rings. The van der Waals surface area contributed by atoms with Gasteiger partial charge in [0.2, 0.25) is 10.0 Å². The van der Waals surface area contributed by atoms with Gasteiger partial charge in [-0.3, -0.25) is 0 Å². The number of nitrogens with zero attached hydrogens (tertiary/aromatic N) is 1. The molecule has 0 aromatic heterocycles. The second-order valence-corrected chi connectivity index (χ2v) is 6.45. The lowest BCUT2D eigenvalue weighted by molar-refractivity contribution is 0.213. The quantitative estimate of drug-likeness (QED) is 0.860. The Morgan fingerprint density at radius 3 is 2.58 bits per heavy atom. The first-order valence-corrected chi connectivity index (χ1v) is 7.68. The van der Waals surface area contributed by atoms with Gasteiger partial charge in [-0.2, -0.15) is 5.26 Å². The molecule has 2 N–H and O–H groups in total. The summed E-state index contributed by atoms with van der Waals surface area (Å²) in [6.45, 7) is 0.000552. The van der Waals surface area contributed by atoms with Crippen LogP contribution in [0.3, 0.4) is 0 Å². The highest BCUT2D eigenvalue weighted by molar-refractivity contribution is 7.89. The van der Waals surface area contributed by atoms with Gasteiger partial charge in [-0.05, 0) is 43.0 Å². The smallest absolute Gasteiger partial charge is 0.240 e. The zero-order chi connectivity index (χ0) is 13.9. The molecule has 0 spiro atoms. The zero-order valence-corrected chi connectivity index (χ0v) is 11.2. The van der Waals surface area contributed by atoms with Crippen molar-refractivity contribution in [3.8, 4) is 6.07 Å². The number of hydrogen-bond donors (Lipinski definition) is 2. The summed E-state index contributed by atoms with van der Waals surface area (Å²) >= 11 is 0. The molecule has 1 saturated carbocycles. The Kier molecular flexibility index (Phi) is 4.20. The number of hydrogen-bond acceptors (Lipinski definition) is 4. The Hall–Kier alpha value is -1.42. The van der Waals surface area contributed by atoms with Gasteiger partial charge >= 0.3 is 0 Å². The van der Waals surface area contributed by atoms with Gasteiger partial charge in [0.1, 0.15) is 0 Å². The van der Waals surface area contributed by atoms with Crippen molar-refractivity contribution in [3.63, 3.8) is 0 Å². The minimum Gasteiger partial charge on any atom is -0.396 e. The van der Waals surface area contributed by atoms with E-state index in [4.69, 9.17) is 5.26 Å². The van der Waals surface area contributed by atoms with Gasteiger partial charge in [0.25, 0.3) is 0 Å². The highest BCUT2D eigenvalue weighted by atomic mass is 32.2. The van der Waals surface area contributed by atoms with Crippen molar-refractivity contribution >= 4 is 10.0 Å². The van der Waals surface area contributed by atoms with Crippen LogP contribution in [0.2, 0.25) is 0 Å². The Bertz CT molecular complexity index is 575. The van der Waals surface area contributed by atoms with E-state index in [1.54, 1.807) is 0 Å². The zero-order valence-electron chi connectivity index (χ0n) is 10.4. The SMILES string of the molecule is N#Cc1ccc(S(=O)(=O)N[C@H]2CCC[C@@H]2CO)cc1. The van der Waals surface area contributed by atoms with Gasteiger partial charge in [-0.1, -0.05) is 6.42 Å². The maximum atomic E-state index is 12.2. The van der Waals surface area contributed by atoms with Crippen molar-refractivity contribution in [1.29, 1.82) is 5.26 Å². The van der Waals surface area contributed by atoms with Crippen LogP contribution in [0.15, 0.2) is 29.2 Å². The normalized spacial score (nSPS) is 23.2. The highest BCUT2D eigenvalue weighted by Gasteiger charge is 2.30. The van der Waals surface area contributed by atoms with Crippen LogP contribution in [0.5, 0.6) is 0 Å². The lowest BCUT2D eigenvalue weighted by Crippen LogP contribution is -2.38. The van der Waals surface area contributed by atoms with E-state index in [2.05, 4.69) is 4.72 Å². The van der Waals surface area contributed by atoms with E-state index in [1.165, 1.54) is 24.3 Å². The van der Waals surface area contributed by atoms with Crippen molar-refractivity contribution in [2.75, 3.05) is 6.61 Å². The van der Waals surface area contributed by atoms with Gasteiger partial charge in [0.15, 0.2) is 0 Å². The number of aliphatic hydroxyl groups is 1. The van der Waals surface area contributed by atoms with E-state index in [0.29, 0.717) is 5.56 Å². The van der Waals surface area contributed by atoms with E-state index >= 15 is 0 Å². The van der Waals surface area contributed by atoms with E-state index in [9.17, 15) is 13.5 Å². The molecule has 0 heterocycles. The highest BCUT2D eigenvalue weighted by Crippen LogP contribution is 2.26. The molecule has 1 aliphatic carbocycles. The van der Waals surface area contributed by atoms with Crippen LogP contribution >= 0.6 is 0 Å². The Morgan fingerprint density at radius 1 is 1.32 bits per heavy atom. The maximum Gasteiger partial charge on any atom is 0.240 e. The predicted octanol–water partition coefficient (Wildman–Crippen LogP) is 0.998. The molecule has 0 radical (unpaired) electrons. The van der Waals surface area contributed by atoms with Crippen LogP contribution in [0.1, 0.15) is 24.8 Å². The second kappa shape index (κ2) is 5.70. The predicted molar refractivity (Wildman–Crippen MR) is 69.7 cm³/mol. The summed E-state index contributed by atoms with van der Waals surface area (Å²) in [5.41, 5.74) is 0.424. The summed E-state index contributed by atoms with van der Waals surface area (Å²) in [6, 6.07) is 7.54. The Labute approximate surface area is 112 Å². The molecule has 0 amide bonds. The molecule has 102 valence electrons. The molecule has 0 aliphatic heterocycles. The monoisotopic (exact) mass is 280 g/mol. The molecule has 0 unspecified atom stereocenters. The number of nitrogens with one attached hydrogen (secondary N) is 1.